The maximum absolute atomic E-state index is 11.9. The first-order valence-corrected chi connectivity index (χ1v) is 5.65. The fourth-order valence-corrected chi connectivity index (χ4v) is 1.85. The molecule has 1 N–H and O–H groups in total. The predicted octanol–water partition coefficient (Wildman–Crippen LogP) is 0.386. The highest BCUT2D eigenvalue weighted by Gasteiger charge is 2.31. The van der Waals surface area contributed by atoms with Gasteiger partial charge in [0, 0.05) is 18.8 Å². The number of likely N-dealkylation sites (N-methyl/N-ethyl adjacent to an activating group) is 1. The second-order valence-corrected chi connectivity index (χ2v) is 4.11. The molecule has 0 atom stereocenters. The van der Waals surface area contributed by atoms with E-state index in [1.165, 1.54) is 0 Å². The SMILES string of the molecule is CCN(C(=O)Cn1cnc(CO)c1)C1CC1. The molecule has 0 saturated heterocycles. The Balaban J connectivity index is 1.94. The summed E-state index contributed by atoms with van der Waals surface area (Å²) in [5.74, 6) is 0.131. The highest BCUT2D eigenvalue weighted by Crippen LogP contribution is 2.26. The molecule has 1 aliphatic rings. The van der Waals surface area contributed by atoms with Crippen molar-refractivity contribution in [1.82, 2.24) is 14.5 Å². The number of amides is 1. The highest BCUT2D eigenvalue weighted by molar-refractivity contribution is 5.76. The fourth-order valence-electron chi connectivity index (χ4n) is 1.85. The largest absolute Gasteiger partial charge is 0.390 e. The van der Waals surface area contributed by atoms with Crippen LogP contribution in [0.25, 0.3) is 0 Å². The molecule has 0 radical (unpaired) electrons. The Morgan fingerprint density at radius 1 is 1.69 bits per heavy atom. The minimum Gasteiger partial charge on any atom is -0.390 e. The van der Waals surface area contributed by atoms with Crippen molar-refractivity contribution in [3.8, 4) is 0 Å². The maximum atomic E-state index is 11.9. The molecule has 1 saturated carbocycles. The zero-order valence-electron chi connectivity index (χ0n) is 9.46. The van der Waals surface area contributed by atoms with E-state index in [-0.39, 0.29) is 12.5 Å². The summed E-state index contributed by atoms with van der Waals surface area (Å²) < 4.78 is 1.72. The van der Waals surface area contributed by atoms with Crippen LogP contribution in [0.5, 0.6) is 0 Å². The van der Waals surface area contributed by atoms with E-state index in [0.717, 1.165) is 19.4 Å². The van der Waals surface area contributed by atoms with Crippen LogP contribution < -0.4 is 0 Å². The summed E-state index contributed by atoms with van der Waals surface area (Å²) in [4.78, 5) is 17.8. The van der Waals surface area contributed by atoms with Gasteiger partial charge in [0.1, 0.15) is 6.54 Å². The van der Waals surface area contributed by atoms with E-state index < -0.39 is 0 Å². The summed E-state index contributed by atoms with van der Waals surface area (Å²) in [6.45, 7) is 3.01. The third-order valence-corrected chi connectivity index (χ3v) is 2.82. The zero-order valence-corrected chi connectivity index (χ0v) is 9.46. The Labute approximate surface area is 94.7 Å². The Bertz CT molecular complexity index is 371. The number of aliphatic hydroxyl groups is 1. The second-order valence-electron chi connectivity index (χ2n) is 4.11. The van der Waals surface area contributed by atoms with E-state index in [9.17, 15) is 4.79 Å². The van der Waals surface area contributed by atoms with Crippen molar-refractivity contribution in [2.75, 3.05) is 6.54 Å². The third kappa shape index (κ3) is 2.41. The number of rotatable bonds is 5. The maximum Gasteiger partial charge on any atom is 0.242 e. The molecule has 1 aromatic heterocycles. The van der Waals surface area contributed by atoms with Gasteiger partial charge in [0.25, 0.3) is 0 Å². The Morgan fingerprint density at radius 3 is 2.94 bits per heavy atom. The van der Waals surface area contributed by atoms with E-state index >= 15 is 0 Å². The standard InChI is InChI=1S/C11H17N3O2/c1-2-14(10-3-4-10)11(16)6-13-5-9(7-15)12-8-13/h5,8,10,15H,2-4,6-7H2,1H3. The van der Waals surface area contributed by atoms with Crippen LogP contribution in [0.4, 0.5) is 0 Å². The van der Waals surface area contributed by atoms with Crippen LogP contribution in [-0.4, -0.2) is 38.1 Å². The van der Waals surface area contributed by atoms with Crippen LogP contribution in [0.1, 0.15) is 25.5 Å². The number of aromatic nitrogens is 2. The lowest BCUT2D eigenvalue weighted by atomic mass is 10.4. The summed E-state index contributed by atoms with van der Waals surface area (Å²) in [7, 11) is 0. The van der Waals surface area contributed by atoms with Crippen LogP contribution in [0.2, 0.25) is 0 Å². The molecule has 5 nitrogen and oxygen atoms in total. The van der Waals surface area contributed by atoms with Crippen molar-refractivity contribution in [1.29, 1.82) is 0 Å². The topological polar surface area (TPSA) is 58.4 Å². The molecular formula is C11H17N3O2. The summed E-state index contributed by atoms with van der Waals surface area (Å²) in [6, 6.07) is 0.457. The van der Waals surface area contributed by atoms with E-state index in [1.54, 1.807) is 17.1 Å². The van der Waals surface area contributed by atoms with E-state index in [4.69, 9.17) is 5.11 Å². The van der Waals surface area contributed by atoms with Crippen LogP contribution in [-0.2, 0) is 17.9 Å². The van der Waals surface area contributed by atoms with Gasteiger partial charge in [0.2, 0.25) is 5.91 Å². The lowest BCUT2D eigenvalue weighted by Crippen LogP contribution is -2.35. The van der Waals surface area contributed by atoms with Crippen molar-refractivity contribution in [2.45, 2.75) is 39.0 Å². The van der Waals surface area contributed by atoms with Gasteiger partial charge in [-0.3, -0.25) is 4.79 Å². The van der Waals surface area contributed by atoms with Crippen molar-refractivity contribution in [3.63, 3.8) is 0 Å². The number of aliphatic hydroxyl groups excluding tert-OH is 1. The first kappa shape index (κ1) is 11.1. The quantitative estimate of drug-likeness (QED) is 0.785. The average Bonchev–Trinajstić information content (AvgIpc) is 2.99. The Kier molecular flexibility index (Phi) is 3.24. The molecule has 0 bridgehead atoms. The molecule has 88 valence electrons. The van der Waals surface area contributed by atoms with Gasteiger partial charge in [0.15, 0.2) is 0 Å². The number of hydrogen-bond acceptors (Lipinski definition) is 3. The molecule has 0 unspecified atom stereocenters. The van der Waals surface area contributed by atoms with Gasteiger partial charge in [-0.2, -0.15) is 0 Å². The lowest BCUT2D eigenvalue weighted by Gasteiger charge is -2.20. The van der Waals surface area contributed by atoms with Gasteiger partial charge in [-0.05, 0) is 19.8 Å². The first-order valence-electron chi connectivity index (χ1n) is 5.65. The zero-order chi connectivity index (χ0) is 11.5. The molecule has 1 aromatic rings. The summed E-state index contributed by atoms with van der Waals surface area (Å²) in [6.07, 6.45) is 5.56. The highest BCUT2D eigenvalue weighted by atomic mass is 16.3. The number of imidazole rings is 1. The Morgan fingerprint density at radius 2 is 2.44 bits per heavy atom. The molecule has 0 spiro atoms. The van der Waals surface area contributed by atoms with E-state index in [0.29, 0.717) is 18.3 Å². The molecule has 1 amide bonds. The fraction of sp³-hybridized carbons (Fsp3) is 0.636. The summed E-state index contributed by atoms with van der Waals surface area (Å²) in [5.41, 5.74) is 0.599. The van der Waals surface area contributed by atoms with Gasteiger partial charge in [0.05, 0.1) is 18.6 Å². The average molecular weight is 223 g/mol. The minimum absolute atomic E-state index is 0.0820. The molecule has 16 heavy (non-hydrogen) atoms. The van der Waals surface area contributed by atoms with Crippen molar-refractivity contribution in [2.24, 2.45) is 0 Å². The van der Waals surface area contributed by atoms with Crippen LogP contribution in [0, 0.1) is 0 Å². The number of hydrogen-bond donors (Lipinski definition) is 1. The number of carbonyl (C=O) groups is 1. The van der Waals surface area contributed by atoms with Gasteiger partial charge >= 0.3 is 0 Å². The van der Waals surface area contributed by atoms with Gasteiger partial charge in [-0.15, -0.1) is 0 Å². The van der Waals surface area contributed by atoms with Crippen LogP contribution in [0.3, 0.4) is 0 Å². The van der Waals surface area contributed by atoms with Crippen molar-refractivity contribution < 1.29 is 9.90 Å². The monoisotopic (exact) mass is 223 g/mol. The predicted molar refractivity (Wildman–Crippen MR) is 58.6 cm³/mol. The minimum atomic E-state index is -0.0820. The second kappa shape index (κ2) is 4.65. The molecular weight excluding hydrogens is 206 g/mol. The lowest BCUT2D eigenvalue weighted by molar-refractivity contribution is -0.132. The number of nitrogens with zero attached hydrogens (tertiary/aromatic N) is 3. The number of carbonyl (C=O) groups excluding carboxylic acids is 1. The molecule has 1 fully saturated rings. The molecule has 2 rings (SSSR count). The van der Waals surface area contributed by atoms with Gasteiger partial charge in [-0.25, -0.2) is 4.98 Å². The van der Waals surface area contributed by atoms with Gasteiger partial charge < -0.3 is 14.6 Å². The molecule has 0 aliphatic heterocycles. The first-order chi connectivity index (χ1) is 7.74. The third-order valence-electron chi connectivity index (χ3n) is 2.82. The summed E-state index contributed by atoms with van der Waals surface area (Å²) in [5, 5.41) is 8.87. The van der Waals surface area contributed by atoms with E-state index in [1.807, 2.05) is 11.8 Å². The normalized spacial score (nSPS) is 15.1. The van der Waals surface area contributed by atoms with E-state index in [2.05, 4.69) is 4.98 Å². The van der Waals surface area contributed by atoms with Crippen molar-refractivity contribution >= 4 is 5.91 Å². The van der Waals surface area contributed by atoms with Crippen LogP contribution in [0.15, 0.2) is 12.5 Å². The molecule has 5 heteroatoms. The Hall–Kier alpha value is -1.36. The molecule has 1 aliphatic carbocycles. The summed E-state index contributed by atoms with van der Waals surface area (Å²) >= 11 is 0. The molecule has 0 aromatic carbocycles. The van der Waals surface area contributed by atoms with Gasteiger partial charge in [-0.1, -0.05) is 0 Å². The molecule has 1 heterocycles. The van der Waals surface area contributed by atoms with Crippen molar-refractivity contribution in [3.05, 3.63) is 18.2 Å². The van der Waals surface area contributed by atoms with Crippen LogP contribution >= 0.6 is 0 Å². The smallest absolute Gasteiger partial charge is 0.242 e.